The van der Waals surface area contributed by atoms with Gasteiger partial charge in [-0.1, -0.05) is 34.6 Å². The van der Waals surface area contributed by atoms with Gasteiger partial charge in [-0.2, -0.15) is 0 Å². The number of imide groups is 1. The van der Waals surface area contributed by atoms with Crippen LogP contribution >= 0.6 is 0 Å². The third kappa shape index (κ3) is 6.88. The Balaban J connectivity index is 0.000000411. The second-order valence-corrected chi connectivity index (χ2v) is 5.77. The van der Waals surface area contributed by atoms with Gasteiger partial charge in [-0.05, 0) is 11.8 Å². The van der Waals surface area contributed by atoms with Crippen LogP contribution in [-0.2, 0) is 9.59 Å². The van der Waals surface area contributed by atoms with E-state index in [0.29, 0.717) is 6.42 Å². The average Bonchev–Trinajstić information content (AvgIpc) is 2.42. The summed E-state index contributed by atoms with van der Waals surface area (Å²) < 4.78 is 0. The number of aliphatic carboxylic acids is 1. The first-order chi connectivity index (χ1) is 8.03. The summed E-state index contributed by atoms with van der Waals surface area (Å²) in [5, 5.41) is 12.8. The Labute approximate surface area is 107 Å². The Kier molecular flexibility index (Phi) is 5.81. The maximum absolute atomic E-state index is 11.1. The van der Waals surface area contributed by atoms with Crippen LogP contribution in [-0.4, -0.2) is 29.1 Å². The van der Waals surface area contributed by atoms with Gasteiger partial charge in [0.1, 0.15) is 6.04 Å². The van der Waals surface area contributed by atoms with Crippen molar-refractivity contribution in [2.24, 2.45) is 11.3 Å². The number of rotatable bonds is 2. The molecule has 0 aromatic carbocycles. The first-order valence-electron chi connectivity index (χ1n) is 5.87. The number of carbonyl (C=O) groups excluding carboxylic acids is 2. The normalized spacial score (nSPS) is 18.9. The number of amides is 3. The topological polar surface area (TPSA) is 95.5 Å². The molecule has 6 nitrogen and oxygen atoms in total. The highest BCUT2D eigenvalue weighted by Crippen LogP contribution is 2.21. The van der Waals surface area contributed by atoms with Crippen LogP contribution < -0.4 is 10.6 Å². The quantitative estimate of drug-likeness (QED) is 0.652. The molecule has 0 aromatic heterocycles. The molecule has 1 atom stereocenters. The van der Waals surface area contributed by atoms with E-state index in [0.717, 1.165) is 0 Å². The fourth-order valence-electron chi connectivity index (χ4n) is 1.21. The Bertz CT molecular complexity index is 331. The van der Waals surface area contributed by atoms with Crippen molar-refractivity contribution in [3.63, 3.8) is 0 Å². The van der Waals surface area contributed by atoms with Crippen LogP contribution in [0.15, 0.2) is 0 Å². The Morgan fingerprint density at radius 2 is 1.78 bits per heavy atom. The van der Waals surface area contributed by atoms with Gasteiger partial charge in [0.25, 0.3) is 5.91 Å². The van der Waals surface area contributed by atoms with E-state index >= 15 is 0 Å². The van der Waals surface area contributed by atoms with Crippen molar-refractivity contribution < 1.29 is 19.5 Å². The number of carboxylic acids is 1. The fraction of sp³-hybridized carbons (Fsp3) is 0.750. The van der Waals surface area contributed by atoms with E-state index in [1.165, 1.54) is 0 Å². The van der Waals surface area contributed by atoms with Crippen LogP contribution in [0.2, 0.25) is 0 Å². The minimum absolute atomic E-state index is 0.0552. The van der Waals surface area contributed by atoms with Gasteiger partial charge in [-0.3, -0.25) is 14.9 Å². The number of hydrogen-bond acceptors (Lipinski definition) is 3. The van der Waals surface area contributed by atoms with Crippen LogP contribution in [0.4, 0.5) is 4.79 Å². The summed E-state index contributed by atoms with van der Waals surface area (Å²) in [6, 6.07) is -0.730. The lowest BCUT2D eigenvalue weighted by atomic mass is 9.88. The lowest BCUT2D eigenvalue weighted by molar-refractivity contribution is -0.140. The van der Waals surface area contributed by atoms with Gasteiger partial charge in [-0.25, -0.2) is 4.79 Å². The summed E-state index contributed by atoms with van der Waals surface area (Å²) in [4.78, 5) is 31.5. The van der Waals surface area contributed by atoms with Crippen LogP contribution in [0.3, 0.4) is 0 Å². The molecule has 6 heteroatoms. The number of nitrogens with one attached hydrogen (secondary N) is 2. The zero-order chi connectivity index (χ0) is 14.5. The first kappa shape index (κ1) is 16.4. The van der Waals surface area contributed by atoms with E-state index in [-0.39, 0.29) is 29.3 Å². The number of urea groups is 1. The highest BCUT2D eigenvalue weighted by Gasteiger charge is 2.32. The third-order valence-electron chi connectivity index (χ3n) is 2.17. The zero-order valence-electron chi connectivity index (χ0n) is 11.5. The Morgan fingerprint density at radius 3 is 2.00 bits per heavy atom. The molecule has 0 spiro atoms. The first-order valence-corrected chi connectivity index (χ1v) is 5.87. The van der Waals surface area contributed by atoms with Gasteiger partial charge in [0.2, 0.25) is 0 Å². The molecule has 18 heavy (non-hydrogen) atoms. The molecular weight excluding hydrogens is 236 g/mol. The van der Waals surface area contributed by atoms with Crippen molar-refractivity contribution in [2.45, 2.75) is 47.1 Å². The second-order valence-electron chi connectivity index (χ2n) is 5.77. The lowest BCUT2D eigenvalue weighted by Crippen LogP contribution is -2.33. The highest BCUT2D eigenvalue weighted by atomic mass is 16.4. The van der Waals surface area contributed by atoms with Crippen LogP contribution in [0.5, 0.6) is 0 Å². The molecule has 1 aliphatic rings. The molecule has 0 aromatic rings. The molecule has 104 valence electrons. The molecule has 1 unspecified atom stereocenters. The molecule has 1 aliphatic heterocycles. The van der Waals surface area contributed by atoms with E-state index in [1.54, 1.807) is 13.8 Å². The summed E-state index contributed by atoms with van der Waals surface area (Å²) in [7, 11) is 0. The molecule has 3 N–H and O–H groups in total. The van der Waals surface area contributed by atoms with Crippen LogP contribution in [0.25, 0.3) is 0 Å². The predicted octanol–water partition coefficient (Wildman–Crippen LogP) is 1.36. The third-order valence-corrected chi connectivity index (χ3v) is 2.17. The van der Waals surface area contributed by atoms with Crippen LogP contribution in [0, 0.1) is 11.3 Å². The smallest absolute Gasteiger partial charge is 0.322 e. The molecule has 1 heterocycles. The Morgan fingerprint density at radius 1 is 1.33 bits per heavy atom. The van der Waals surface area contributed by atoms with Gasteiger partial charge < -0.3 is 10.4 Å². The van der Waals surface area contributed by atoms with Gasteiger partial charge in [-0.15, -0.1) is 0 Å². The largest absolute Gasteiger partial charge is 0.481 e. The molecule has 1 rings (SSSR count). The molecule has 0 radical (unpaired) electrons. The highest BCUT2D eigenvalue weighted by molar-refractivity contribution is 6.04. The van der Waals surface area contributed by atoms with E-state index in [4.69, 9.17) is 5.11 Å². The monoisotopic (exact) mass is 258 g/mol. The minimum Gasteiger partial charge on any atom is -0.481 e. The van der Waals surface area contributed by atoms with Crippen molar-refractivity contribution in [1.29, 1.82) is 0 Å². The molecule has 0 bridgehead atoms. The van der Waals surface area contributed by atoms with E-state index < -0.39 is 5.97 Å². The molecule has 1 saturated heterocycles. The molecular formula is C12H22N2O4. The molecule has 1 fully saturated rings. The average molecular weight is 258 g/mol. The van der Waals surface area contributed by atoms with Crippen molar-refractivity contribution in [3.8, 4) is 0 Å². The molecule has 3 amide bonds. The SMILES string of the molecule is CC(C)(C)CC1NC(=O)NC1=O.CC(C)C(=O)O. The van der Waals surface area contributed by atoms with Crippen molar-refractivity contribution >= 4 is 17.9 Å². The Hall–Kier alpha value is -1.59. The lowest BCUT2D eigenvalue weighted by Gasteiger charge is -2.20. The summed E-state index contributed by atoms with van der Waals surface area (Å²) in [5.41, 5.74) is 0.0552. The standard InChI is InChI=1S/C8H14N2O2.C4H8O2/c1-8(2,3)4-5-6(11)10-7(12)9-5;1-3(2)4(5)6/h5H,4H2,1-3H3,(H2,9,10,11,12);3H,1-2H3,(H,5,6). The van der Waals surface area contributed by atoms with Gasteiger partial charge in [0, 0.05) is 0 Å². The number of carbonyl (C=O) groups is 3. The minimum atomic E-state index is -0.741. The van der Waals surface area contributed by atoms with Crippen molar-refractivity contribution in [1.82, 2.24) is 10.6 Å². The molecule has 0 aliphatic carbocycles. The summed E-state index contributed by atoms with van der Waals surface area (Å²) in [5.74, 6) is -1.19. The summed E-state index contributed by atoms with van der Waals surface area (Å²) in [6.45, 7) is 9.38. The van der Waals surface area contributed by atoms with E-state index in [1.807, 2.05) is 20.8 Å². The predicted molar refractivity (Wildman–Crippen MR) is 67.0 cm³/mol. The second kappa shape index (κ2) is 6.37. The van der Waals surface area contributed by atoms with E-state index in [2.05, 4.69) is 10.6 Å². The maximum atomic E-state index is 11.1. The maximum Gasteiger partial charge on any atom is 0.322 e. The molecule has 0 saturated carbocycles. The van der Waals surface area contributed by atoms with Crippen LogP contribution in [0.1, 0.15) is 41.0 Å². The van der Waals surface area contributed by atoms with E-state index in [9.17, 15) is 14.4 Å². The van der Waals surface area contributed by atoms with Gasteiger partial charge >= 0.3 is 12.0 Å². The summed E-state index contributed by atoms with van der Waals surface area (Å²) in [6.07, 6.45) is 0.671. The van der Waals surface area contributed by atoms with Crippen molar-refractivity contribution in [2.75, 3.05) is 0 Å². The number of carboxylic acid groups (broad SMARTS) is 1. The number of hydrogen-bond donors (Lipinski definition) is 3. The zero-order valence-corrected chi connectivity index (χ0v) is 11.5. The van der Waals surface area contributed by atoms with Crippen molar-refractivity contribution in [3.05, 3.63) is 0 Å². The van der Waals surface area contributed by atoms with Gasteiger partial charge in [0.05, 0.1) is 5.92 Å². The van der Waals surface area contributed by atoms with Gasteiger partial charge in [0.15, 0.2) is 0 Å². The summed E-state index contributed by atoms with van der Waals surface area (Å²) >= 11 is 0. The fourth-order valence-corrected chi connectivity index (χ4v) is 1.21.